The van der Waals surface area contributed by atoms with Crippen LogP contribution in [0.25, 0.3) is 11.1 Å². The lowest BCUT2D eigenvalue weighted by atomic mass is 9.98. The van der Waals surface area contributed by atoms with E-state index in [9.17, 15) is 26.4 Å². The Bertz CT molecular complexity index is 1410. The Hall–Kier alpha value is -2.82. The van der Waals surface area contributed by atoms with E-state index >= 15 is 0 Å². The number of carbonyl (C=O) groups excluding carboxylic acids is 1. The summed E-state index contributed by atoms with van der Waals surface area (Å²) in [5.41, 5.74) is 0.533. The largest absolute Gasteiger partial charge is 0.417 e. The van der Waals surface area contributed by atoms with Crippen molar-refractivity contribution in [3.8, 4) is 11.1 Å². The summed E-state index contributed by atoms with van der Waals surface area (Å²) in [7, 11) is -3.56. The molecule has 2 heterocycles. The quantitative estimate of drug-likeness (QED) is 0.427. The molecule has 2 aromatic carbocycles. The first-order valence-electron chi connectivity index (χ1n) is 10.7. The summed E-state index contributed by atoms with van der Waals surface area (Å²) in [4.78, 5) is 20.7. The van der Waals surface area contributed by atoms with E-state index in [1.807, 2.05) is 0 Å². The number of alkyl halides is 3. The van der Waals surface area contributed by atoms with Gasteiger partial charge in [-0.15, -0.1) is 0 Å². The van der Waals surface area contributed by atoms with Crippen molar-refractivity contribution in [1.82, 2.24) is 9.88 Å². The van der Waals surface area contributed by atoms with Gasteiger partial charge in [0.2, 0.25) is 0 Å². The minimum atomic E-state index is -4.55. The third kappa shape index (κ3) is 5.61. The number of carbonyl (C=O) groups is 1. The number of benzene rings is 2. The summed E-state index contributed by atoms with van der Waals surface area (Å²) in [6, 6.07) is 12.1. The number of pyridine rings is 1. The van der Waals surface area contributed by atoms with E-state index in [1.165, 1.54) is 12.1 Å². The molecular formula is C24H20Cl2F3N3O3S. The summed E-state index contributed by atoms with van der Waals surface area (Å²) in [6.45, 7) is 1.04. The molecule has 4 rings (SSSR count). The average molecular weight is 558 g/mol. The van der Waals surface area contributed by atoms with E-state index in [0.717, 1.165) is 18.5 Å². The molecular weight excluding hydrogens is 538 g/mol. The molecule has 0 aliphatic carbocycles. The molecule has 190 valence electrons. The maximum Gasteiger partial charge on any atom is 0.417 e. The zero-order valence-electron chi connectivity index (χ0n) is 18.9. The number of hydrogen-bond donors (Lipinski definition) is 0. The molecule has 1 aliphatic rings. The molecule has 6 nitrogen and oxygen atoms in total. The molecule has 0 N–H and O–H groups in total. The monoisotopic (exact) mass is 557 g/mol. The van der Waals surface area contributed by atoms with Crippen LogP contribution >= 0.6 is 23.2 Å². The second kappa shape index (κ2) is 9.91. The first-order valence-corrected chi connectivity index (χ1v) is 13.4. The summed E-state index contributed by atoms with van der Waals surface area (Å²) in [5, 5.41) is 0.390. The molecule has 36 heavy (non-hydrogen) atoms. The highest BCUT2D eigenvalue weighted by molar-refractivity contribution is 7.90. The molecule has 0 spiro atoms. The second-order valence-corrected chi connectivity index (χ2v) is 11.2. The molecule has 1 aliphatic heterocycles. The Balaban J connectivity index is 1.59. The van der Waals surface area contributed by atoms with Crippen molar-refractivity contribution in [3.05, 3.63) is 75.9 Å². The van der Waals surface area contributed by atoms with E-state index in [0.29, 0.717) is 16.1 Å². The SMILES string of the molecule is CS(=O)(=O)c1ccc(-c2ccc(Cl)cc2)c(C(=O)N2CCN(c3ncc(C(F)(F)F)cc3Cl)CC2)c1. The predicted octanol–water partition coefficient (Wildman–Crippen LogP) is 5.44. The zero-order valence-corrected chi connectivity index (χ0v) is 21.2. The molecule has 1 amide bonds. The van der Waals surface area contributed by atoms with Crippen molar-refractivity contribution >= 4 is 44.8 Å². The Labute approximate surface area is 216 Å². The summed E-state index contributed by atoms with van der Waals surface area (Å²) < 4.78 is 63.1. The number of sulfone groups is 1. The Morgan fingerprint density at radius 1 is 0.972 bits per heavy atom. The van der Waals surface area contributed by atoms with Gasteiger partial charge in [-0.1, -0.05) is 41.4 Å². The van der Waals surface area contributed by atoms with Crippen molar-refractivity contribution in [2.75, 3.05) is 37.3 Å². The number of amides is 1. The van der Waals surface area contributed by atoms with Crippen molar-refractivity contribution in [2.24, 2.45) is 0 Å². The van der Waals surface area contributed by atoms with Gasteiger partial charge < -0.3 is 9.80 Å². The lowest BCUT2D eigenvalue weighted by molar-refractivity contribution is -0.137. The van der Waals surface area contributed by atoms with Gasteiger partial charge in [0.15, 0.2) is 9.84 Å². The van der Waals surface area contributed by atoms with Crippen molar-refractivity contribution in [3.63, 3.8) is 0 Å². The Kier molecular flexibility index (Phi) is 7.23. The van der Waals surface area contributed by atoms with Gasteiger partial charge in [-0.05, 0) is 41.5 Å². The van der Waals surface area contributed by atoms with Crippen LogP contribution in [-0.4, -0.2) is 56.6 Å². The third-order valence-corrected chi connectivity index (χ3v) is 7.46. The van der Waals surface area contributed by atoms with Crippen LogP contribution in [0.4, 0.5) is 19.0 Å². The van der Waals surface area contributed by atoms with E-state index in [2.05, 4.69) is 4.98 Å². The first kappa shape index (κ1) is 26.2. The number of piperazine rings is 1. The van der Waals surface area contributed by atoms with Crippen LogP contribution in [0.2, 0.25) is 10.0 Å². The topological polar surface area (TPSA) is 70.6 Å². The number of nitrogens with zero attached hydrogens (tertiary/aromatic N) is 3. The summed E-state index contributed by atoms with van der Waals surface area (Å²) in [6.07, 6.45) is -2.76. The molecule has 1 saturated heterocycles. The van der Waals surface area contributed by atoms with Gasteiger partial charge in [0.25, 0.3) is 5.91 Å². The normalized spacial score (nSPS) is 14.7. The molecule has 0 bridgehead atoms. The molecule has 0 unspecified atom stereocenters. The van der Waals surface area contributed by atoms with Crippen LogP contribution in [0.5, 0.6) is 0 Å². The van der Waals surface area contributed by atoms with E-state index in [-0.39, 0.29) is 53.4 Å². The van der Waals surface area contributed by atoms with Gasteiger partial charge in [0.05, 0.1) is 15.5 Å². The van der Waals surface area contributed by atoms with Crippen LogP contribution < -0.4 is 4.90 Å². The van der Waals surface area contributed by atoms with Crippen molar-refractivity contribution in [2.45, 2.75) is 11.1 Å². The lowest BCUT2D eigenvalue weighted by Crippen LogP contribution is -2.49. The molecule has 12 heteroatoms. The molecule has 0 radical (unpaired) electrons. The summed E-state index contributed by atoms with van der Waals surface area (Å²) >= 11 is 12.1. The number of hydrogen-bond acceptors (Lipinski definition) is 5. The van der Waals surface area contributed by atoms with Crippen LogP contribution in [0.3, 0.4) is 0 Å². The molecule has 0 atom stereocenters. The van der Waals surface area contributed by atoms with Gasteiger partial charge in [0, 0.05) is 49.2 Å². The van der Waals surface area contributed by atoms with Gasteiger partial charge >= 0.3 is 6.18 Å². The molecule has 1 aromatic heterocycles. The number of anilines is 1. The minimum absolute atomic E-state index is 0.0166. The van der Waals surface area contributed by atoms with Gasteiger partial charge in [-0.25, -0.2) is 13.4 Å². The van der Waals surface area contributed by atoms with E-state index in [4.69, 9.17) is 23.2 Å². The van der Waals surface area contributed by atoms with Crippen molar-refractivity contribution < 1.29 is 26.4 Å². The Morgan fingerprint density at radius 3 is 2.17 bits per heavy atom. The van der Waals surface area contributed by atoms with Crippen molar-refractivity contribution in [1.29, 1.82) is 0 Å². The highest BCUT2D eigenvalue weighted by atomic mass is 35.5. The maximum absolute atomic E-state index is 13.5. The molecule has 0 saturated carbocycles. The second-order valence-electron chi connectivity index (χ2n) is 8.29. The van der Waals surface area contributed by atoms with E-state index < -0.39 is 21.6 Å². The molecule has 3 aromatic rings. The van der Waals surface area contributed by atoms with Crippen LogP contribution in [0, 0.1) is 0 Å². The molecule has 1 fully saturated rings. The highest BCUT2D eigenvalue weighted by Gasteiger charge is 2.33. The number of halogens is 5. The highest BCUT2D eigenvalue weighted by Crippen LogP contribution is 2.34. The lowest BCUT2D eigenvalue weighted by Gasteiger charge is -2.36. The fourth-order valence-corrected chi connectivity index (χ4v) is 4.98. The number of aromatic nitrogens is 1. The van der Waals surface area contributed by atoms with Crippen LogP contribution in [0.15, 0.2) is 59.6 Å². The zero-order chi connectivity index (χ0) is 26.3. The fraction of sp³-hybridized carbons (Fsp3) is 0.250. The third-order valence-electron chi connectivity index (χ3n) is 5.82. The average Bonchev–Trinajstić information content (AvgIpc) is 2.83. The fourth-order valence-electron chi connectivity index (χ4n) is 3.92. The maximum atomic E-state index is 13.5. The van der Waals surface area contributed by atoms with Gasteiger partial charge in [-0.3, -0.25) is 4.79 Å². The van der Waals surface area contributed by atoms with Crippen LogP contribution in [-0.2, 0) is 16.0 Å². The van der Waals surface area contributed by atoms with Crippen LogP contribution in [0.1, 0.15) is 15.9 Å². The Morgan fingerprint density at radius 2 is 1.61 bits per heavy atom. The summed E-state index contributed by atoms with van der Waals surface area (Å²) in [5.74, 6) is -0.158. The first-order chi connectivity index (χ1) is 16.8. The van der Waals surface area contributed by atoms with E-state index in [1.54, 1.807) is 40.1 Å². The minimum Gasteiger partial charge on any atom is -0.352 e. The smallest absolute Gasteiger partial charge is 0.352 e. The van der Waals surface area contributed by atoms with Gasteiger partial charge in [-0.2, -0.15) is 13.2 Å². The standard InChI is InChI=1S/C24H20Cl2F3N3O3S/c1-36(34,35)18-6-7-19(15-2-4-17(25)5-3-15)20(13-18)23(33)32-10-8-31(9-11-32)22-21(26)12-16(14-30-22)24(27,28)29/h2-7,12-14H,8-11H2,1H3. The number of rotatable bonds is 4. The van der Waals surface area contributed by atoms with Gasteiger partial charge in [0.1, 0.15) is 5.82 Å². The predicted molar refractivity (Wildman–Crippen MR) is 132 cm³/mol.